The number of aryl methyl sites for hydroxylation is 1. The third-order valence-corrected chi connectivity index (χ3v) is 4.18. The lowest BCUT2D eigenvalue weighted by Gasteiger charge is -2.28. The molecule has 2 N–H and O–H groups in total. The first kappa shape index (κ1) is 15.6. The molecule has 1 aliphatic carbocycles. The number of carbonyl (C=O) groups is 1. The van der Waals surface area contributed by atoms with E-state index in [0.29, 0.717) is 12.6 Å². The zero-order valence-electron chi connectivity index (χ0n) is 13.0. The highest BCUT2D eigenvalue weighted by Crippen LogP contribution is 2.25. The van der Waals surface area contributed by atoms with E-state index < -0.39 is 0 Å². The molecule has 0 aliphatic heterocycles. The van der Waals surface area contributed by atoms with Gasteiger partial charge in [-0.2, -0.15) is 0 Å². The third-order valence-electron chi connectivity index (χ3n) is 4.18. The topological polar surface area (TPSA) is 46.3 Å². The van der Waals surface area contributed by atoms with Crippen LogP contribution in [0.3, 0.4) is 0 Å². The van der Waals surface area contributed by atoms with E-state index in [1.807, 2.05) is 30.0 Å². The number of amides is 1. The summed E-state index contributed by atoms with van der Waals surface area (Å²) in [6, 6.07) is 6.18. The van der Waals surface area contributed by atoms with Gasteiger partial charge in [0.1, 0.15) is 0 Å². The van der Waals surface area contributed by atoms with Crippen molar-refractivity contribution in [2.24, 2.45) is 5.73 Å². The number of rotatable bonds is 3. The third kappa shape index (κ3) is 3.65. The second-order valence-corrected chi connectivity index (χ2v) is 5.57. The minimum Gasteiger partial charge on any atom is -0.336 e. The van der Waals surface area contributed by atoms with Crippen molar-refractivity contribution in [1.29, 1.82) is 0 Å². The van der Waals surface area contributed by atoms with Gasteiger partial charge >= 0.3 is 0 Å². The Bertz CT molecular complexity index is 562. The highest BCUT2D eigenvalue weighted by molar-refractivity contribution is 5.95. The van der Waals surface area contributed by atoms with Crippen molar-refractivity contribution in [3.63, 3.8) is 0 Å². The fraction of sp³-hybridized carbons (Fsp3) is 0.500. The van der Waals surface area contributed by atoms with Gasteiger partial charge in [-0.3, -0.25) is 4.79 Å². The second kappa shape index (κ2) is 7.28. The molecule has 3 nitrogen and oxygen atoms in total. The first-order chi connectivity index (χ1) is 10.2. The van der Waals surface area contributed by atoms with Gasteiger partial charge in [0.15, 0.2) is 0 Å². The van der Waals surface area contributed by atoms with Gasteiger partial charge in [-0.1, -0.05) is 30.7 Å². The highest BCUT2D eigenvalue weighted by Gasteiger charge is 2.26. The van der Waals surface area contributed by atoms with E-state index in [9.17, 15) is 4.79 Å². The zero-order chi connectivity index (χ0) is 15.2. The number of carbonyl (C=O) groups excluding carboxylic acids is 1. The molecule has 1 aromatic carbocycles. The average Bonchev–Trinajstić information content (AvgIpc) is 3.01. The molecule has 0 unspecified atom stereocenters. The van der Waals surface area contributed by atoms with Crippen molar-refractivity contribution < 1.29 is 4.79 Å². The predicted octanol–water partition coefficient (Wildman–Crippen LogP) is 2.71. The van der Waals surface area contributed by atoms with E-state index in [4.69, 9.17) is 5.73 Å². The molecule has 21 heavy (non-hydrogen) atoms. The van der Waals surface area contributed by atoms with Crippen LogP contribution in [-0.4, -0.2) is 29.9 Å². The summed E-state index contributed by atoms with van der Waals surface area (Å²) >= 11 is 0. The lowest BCUT2D eigenvalue weighted by molar-refractivity contribution is 0.0693. The first-order valence-electron chi connectivity index (χ1n) is 7.78. The van der Waals surface area contributed by atoms with E-state index in [0.717, 1.165) is 36.1 Å². The molecule has 0 aromatic heterocycles. The molecule has 1 fully saturated rings. The standard InChI is InChI=1S/C18H24N2O/c1-3-20(17-8-4-5-9-17)18(21)16-11-10-14(2)15(13-16)7-6-12-19/h10-11,13,17H,3-5,8-9,12,19H2,1-2H3. The summed E-state index contributed by atoms with van der Waals surface area (Å²) in [5.74, 6) is 6.04. The quantitative estimate of drug-likeness (QED) is 0.868. The van der Waals surface area contributed by atoms with Crippen LogP contribution in [0.1, 0.15) is 54.1 Å². The average molecular weight is 284 g/mol. The van der Waals surface area contributed by atoms with Gasteiger partial charge < -0.3 is 10.6 Å². The summed E-state index contributed by atoms with van der Waals surface area (Å²) in [5.41, 5.74) is 8.14. The number of nitrogens with two attached hydrogens (primary N) is 1. The molecule has 1 saturated carbocycles. The predicted molar refractivity (Wildman–Crippen MR) is 86.1 cm³/mol. The second-order valence-electron chi connectivity index (χ2n) is 5.57. The molecular weight excluding hydrogens is 260 g/mol. The fourth-order valence-electron chi connectivity index (χ4n) is 2.99. The molecule has 1 amide bonds. The fourth-order valence-corrected chi connectivity index (χ4v) is 2.99. The van der Waals surface area contributed by atoms with E-state index in [1.165, 1.54) is 12.8 Å². The number of nitrogens with zero attached hydrogens (tertiary/aromatic N) is 1. The Kier molecular flexibility index (Phi) is 5.41. The largest absolute Gasteiger partial charge is 0.336 e. The van der Waals surface area contributed by atoms with Gasteiger partial charge in [-0.15, -0.1) is 0 Å². The van der Waals surface area contributed by atoms with Crippen LogP contribution in [0, 0.1) is 18.8 Å². The number of hydrogen-bond donors (Lipinski definition) is 1. The van der Waals surface area contributed by atoms with Crippen LogP contribution < -0.4 is 5.73 Å². The van der Waals surface area contributed by atoms with Crippen molar-refractivity contribution in [3.05, 3.63) is 34.9 Å². The summed E-state index contributed by atoms with van der Waals surface area (Å²) in [6.07, 6.45) is 4.72. The van der Waals surface area contributed by atoms with Crippen LogP contribution >= 0.6 is 0 Å². The molecule has 1 aromatic rings. The Morgan fingerprint density at radius 3 is 2.71 bits per heavy atom. The maximum Gasteiger partial charge on any atom is 0.254 e. The number of benzene rings is 1. The summed E-state index contributed by atoms with van der Waals surface area (Å²) in [6.45, 7) is 5.16. The highest BCUT2D eigenvalue weighted by atomic mass is 16.2. The molecule has 0 atom stereocenters. The Hall–Kier alpha value is -1.79. The van der Waals surface area contributed by atoms with E-state index in [2.05, 4.69) is 18.8 Å². The van der Waals surface area contributed by atoms with Gasteiger partial charge in [0.25, 0.3) is 5.91 Å². The summed E-state index contributed by atoms with van der Waals surface area (Å²) in [5, 5.41) is 0. The van der Waals surface area contributed by atoms with E-state index in [-0.39, 0.29) is 5.91 Å². The van der Waals surface area contributed by atoms with Crippen LogP contribution in [-0.2, 0) is 0 Å². The monoisotopic (exact) mass is 284 g/mol. The van der Waals surface area contributed by atoms with Crippen LogP contribution in [0.25, 0.3) is 0 Å². The molecule has 0 radical (unpaired) electrons. The molecule has 1 aliphatic rings. The number of hydrogen-bond acceptors (Lipinski definition) is 2. The summed E-state index contributed by atoms with van der Waals surface area (Å²) in [7, 11) is 0. The summed E-state index contributed by atoms with van der Waals surface area (Å²) in [4.78, 5) is 14.8. The van der Waals surface area contributed by atoms with Crippen LogP contribution in [0.15, 0.2) is 18.2 Å². The lowest BCUT2D eigenvalue weighted by atomic mass is 10.0. The van der Waals surface area contributed by atoms with E-state index >= 15 is 0 Å². The van der Waals surface area contributed by atoms with Crippen LogP contribution in [0.2, 0.25) is 0 Å². The minimum atomic E-state index is 0.125. The molecular formula is C18H24N2O. The van der Waals surface area contributed by atoms with Gasteiger partial charge in [-0.25, -0.2) is 0 Å². The van der Waals surface area contributed by atoms with Crippen molar-refractivity contribution >= 4 is 5.91 Å². The maximum atomic E-state index is 12.8. The van der Waals surface area contributed by atoms with E-state index in [1.54, 1.807) is 0 Å². The Morgan fingerprint density at radius 2 is 2.10 bits per heavy atom. The summed E-state index contributed by atoms with van der Waals surface area (Å²) < 4.78 is 0. The Labute approximate surface area is 127 Å². The van der Waals surface area contributed by atoms with Crippen molar-refractivity contribution in [2.45, 2.75) is 45.6 Å². The van der Waals surface area contributed by atoms with Gasteiger partial charge in [0, 0.05) is 23.7 Å². The zero-order valence-corrected chi connectivity index (χ0v) is 13.0. The SMILES string of the molecule is CCN(C(=O)c1ccc(C)c(C#CCN)c1)C1CCCC1. The molecule has 0 saturated heterocycles. The molecule has 0 heterocycles. The smallest absolute Gasteiger partial charge is 0.254 e. The molecule has 3 heteroatoms. The van der Waals surface area contributed by atoms with Crippen molar-refractivity contribution in [1.82, 2.24) is 4.90 Å². The van der Waals surface area contributed by atoms with Gasteiger partial charge in [-0.05, 0) is 44.4 Å². The van der Waals surface area contributed by atoms with Gasteiger partial charge in [0.2, 0.25) is 0 Å². The van der Waals surface area contributed by atoms with Crippen LogP contribution in [0.5, 0.6) is 0 Å². The molecule has 2 rings (SSSR count). The molecule has 0 bridgehead atoms. The Balaban J connectivity index is 2.25. The van der Waals surface area contributed by atoms with Gasteiger partial charge in [0.05, 0.1) is 6.54 Å². The normalized spacial score (nSPS) is 14.6. The van der Waals surface area contributed by atoms with Crippen molar-refractivity contribution in [3.8, 4) is 11.8 Å². The maximum absolute atomic E-state index is 12.8. The van der Waals surface area contributed by atoms with Crippen LogP contribution in [0.4, 0.5) is 0 Å². The Morgan fingerprint density at radius 1 is 1.38 bits per heavy atom. The minimum absolute atomic E-state index is 0.125. The first-order valence-corrected chi connectivity index (χ1v) is 7.78. The lowest BCUT2D eigenvalue weighted by Crippen LogP contribution is -2.38. The van der Waals surface area contributed by atoms with Crippen molar-refractivity contribution in [2.75, 3.05) is 13.1 Å². The molecule has 0 spiro atoms. The molecule has 112 valence electrons.